The highest BCUT2D eigenvalue weighted by atomic mass is 35.5. The molecule has 0 bridgehead atoms. The number of nitrogens with one attached hydrogen (secondary N) is 1. The molecule has 2 amide bonds. The summed E-state index contributed by atoms with van der Waals surface area (Å²) < 4.78 is 1.86. The fourth-order valence-electron chi connectivity index (χ4n) is 2.34. The number of halogens is 1. The van der Waals surface area contributed by atoms with Crippen molar-refractivity contribution in [3.63, 3.8) is 0 Å². The number of rotatable bonds is 3. The third kappa shape index (κ3) is 4.13. The third-order valence-corrected chi connectivity index (χ3v) is 3.65. The van der Waals surface area contributed by atoms with Gasteiger partial charge >= 0.3 is 12.0 Å². The van der Waals surface area contributed by atoms with Crippen LogP contribution in [0.15, 0.2) is 18.2 Å². The molecule has 0 unspecified atom stereocenters. The minimum Gasteiger partial charge on any atom is -0.280 e. The zero-order chi connectivity index (χ0) is 16.9. The molecular formula is C16H26ClN4O+. The fraction of sp³-hybridized carbons (Fsp3) is 0.500. The van der Waals surface area contributed by atoms with E-state index in [0.29, 0.717) is 17.5 Å². The number of hydrogen-bond acceptors (Lipinski definition) is 1. The molecule has 22 heavy (non-hydrogen) atoms. The smallest absolute Gasteiger partial charge is 0.280 e. The number of amides is 2. The van der Waals surface area contributed by atoms with Crippen LogP contribution in [0.4, 0.5) is 10.5 Å². The van der Waals surface area contributed by atoms with Crippen LogP contribution in [0.1, 0.15) is 19.4 Å². The maximum Gasteiger partial charge on any atom is 0.386 e. The summed E-state index contributed by atoms with van der Waals surface area (Å²) >= 11 is 6.34. The van der Waals surface area contributed by atoms with E-state index < -0.39 is 0 Å². The molecule has 0 aliphatic carbocycles. The lowest BCUT2D eigenvalue weighted by molar-refractivity contribution is -0.471. The van der Waals surface area contributed by atoms with Gasteiger partial charge < -0.3 is 0 Å². The number of hydrogen-bond donors (Lipinski definition) is 1. The standard InChI is InChI=1S/C16H25ClN4O/c1-7-12-10-9-11-13(17)14(12)21(8-2)16(22)18-15(19(3)4)20(5)6/h9-11H,7-8H2,1-6H3/p+1. The van der Waals surface area contributed by atoms with Crippen LogP contribution in [-0.4, -0.2) is 56.2 Å². The Morgan fingerprint density at radius 3 is 2.36 bits per heavy atom. The average Bonchev–Trinajstić information content (AvgIpc) is 2.46. The molecule has 0 aromatic heterocycles. The van der Waals surface area contributed by atoms with Gasteiger partial charge in [0, 0.05) is 6.54 Å². The van der Waals surface area contributed by atoms with Crippen LogP contribution in [0.2, 0.25) is 5.02 Å². The zero-order valence-corrected chi connectivity index (χ0v) is 15.0. The van der Waals surface area contributed by atoms with Gasteiger partial charge in [0.15, 0.2) is 0 Å². The summed E-state index contributed by atoms with van der Waals surface area (Å²) in [5.74, 6) is 0.716. The average molecular weight is 326 g/mol. The number of urea groups is 1. The Morgan fingerprint density at radius 1 is 1.27 bits per heavy atom. The summed E-state index contributed by atoms with van der Waals surface area (Å²) in [4.78, 5) is 16.2. The number of guanidine groups is 1. The second-order valence-electron chi connectivity index (χ2n) is 5.39. The van der Waals surface area contributed by atoms with Crippen LogP contribution >= 0.6 is 11.6 Å². The first-order chi connectivity index (χ1) is 10.3. The van der Waals surface area contributed by atoms with Crippen molar-refractivity contribution < 1.29 is 9.37 Å². The SMILES string of the molecule is CCc1cccc(Cl)c1N(CC)C(=O)NC(N(C)C)=[N+](C)C. The van der Waals surface area contributed by atoms with E-state index in [-0.39, 0.29) is 6.03 Å². The van der Waals surface area contributed by atoms with E-state index in [9.17, 15) is 4.79 Å². The summed E-state index contributed by atoms with van der Waals surface area (Å²) in [6, 6.07) is 5.53. The topological polar surface area (TPSA) is 38.6 Å². The number of anilines is 1. The van der Waals surface area contributed by atoms with Gasteiger partial charge in [0.25, 0.3) is 0 Å². The van der Waals surface area contributed by atoms with Crippen molar-refractivity contribution in [2.45, 2.75) is 20.3 Å². The van der Waals surface area contributed by atoms with E-state index in [4.69, 9.17) is 11.6 Å². The lowest BCUT2D eigenvalue weighted by Gasteiger charge is -2.24. The van der Waals surface area contributed by atoms with E-state index in [0.717, 1.165) is 17.7 Å². The maximum absolute atomic E-state index is 12.7. The van der Waals surface area contributed by atoms with E-state index in [1.54, 1.807) is 4.90 Å². The number of carbonyl (C=O) groups is 1. The summed E-state index contributed by atoms with van der Waals surface area (Å²) in [7, 11) is 7.55. The lowest BCUT2D eigenvalue weighted by Crippen LogP contribution is -2.50. The molecule has 0 saturated heterocycles. The summed E-state index contributed by atoms with van der Waals surface area (Å²) in [5, 5.41) is 3.53. The molecule has 0 heterocycles. The van der Waals surface area contributed by atoms with Crippen molar-refractivity contribution in [2.75, 3.05) is 39.6 Å². The molecule has 0 aliphatic heterocycles. The highest BCUT2D eigenvalue weighted by Crippen LogP contribution is 2.30. The molecule has 0 fully saturated rings. The van der Waals surface area contributed by atoms with Crippen LogP contribution in [0, 0.1) is 0 Å². The van der Waals surface area contributed by atoms with Crippen molar-refractivity contribution in [3.05, 3.63) is 28.8 Å². The second-order valence-corrected chi connectivity index (χ2v) is 5.80. The Labute approximate surface area is 138 Å². The van der Waals surface area contributed by atoms with Crippen LogP contribution in [0.5, 0.6) is 0 Å². The van der Waals surface area contributed by atoms with Gasteiger partial charge in [0.05, 0.1) is 38.9 Å². The van der Waals surface area contributed by atoms with Gasteiger partial charge in [-0.3, -0.25) is 14.4 Å². The zero-order valence-electron chi connectivity index (χ0n) is 14.3. The van der Waals surface area contributed by atoms with Gasteiger partial charge in [0.2, 0.25) is 0 Å². The first kappa shape index (κ1) is 18.3. The number of aryl methyl sites for hydroxylation is 1. The molecule has 0 radical (unpaired) electrons. The van der Waals surface area contributed by atoms with Gasteiger partial charge in [-0.1, -0.05) is 30.7 Å². The largest absolute Gasteiger partial charge is 0.386 e. The molecule has 1 rings (SSSR count). The van der Waals surface area contributed by atoms with Gasteiger partial charge in [-0.25, -0.2) is 4.79 Å². The van der Waals surface area contributed by atoms with E-state index in [1.165, 1.54) is 0 Å². The van der Waals surface area contributed by atoms with Gasteiger partial charge in [-0.2, -0.15) is 5.32 Å². The molecule has 0 atom stereocenters. The third-order valence-electron chi connectivity index (χ3n) is 3.35. The van der Waals surface area contributed by atoms with Gasteiger partial charge in [0.1, 0.15) is 0 Å². The van der Waals surface area contributed by atoms with Crippen LogP contribution in [0.3, 0.4) is 0 Å². The molecule has 1 aromatic rings. The highest BCUT2D eigenvalue weighted by molar-refractivity contribution is 6.34. The molecule has 0 spiro atoms. The molecular weight excluding hydrogens is 300 g/mol. The Kier molecular flexibility index (Phi) is 6.68. The van der Waals surface area contributed by atoms with Crippen LogP contribution in [0.25, 0.3) is 0 Å². The van der Waals surface area contributed by atoms with Crippen molar-refractivity contribution in [1.29, 1.82) is 0 Å². The summed E-state index contributed by atoms with van der Waals surface area (Å²) in [6.45, 7) is 4.53. The fourth-order valence-corrected chi connectivity index (χ4v) is 2.63. The van der Waals surface area contributed by atoms with Crippen LogP contribution < -0.4 is 10.2 Å². The van der Waals surface area contributed by atoms with Crippen molar-refractivity contribution in [3.8, 4) is 0 Å². The minimum atomic E-state index is -0.192. The Morgan fingerprint density at radius 2 is 1.91 bits per heavy atom. The van der Waals surface area contributed by atoms with Crippen molar-refractivity contribution in [1.82, 2.24) is 10.2 Å². The summed E-state index contributed by atoms with van der Waals surface area (Å²) in [5.41, 5.74) is 1.84. The molecule has 1 aromatic carbocycles. The quantitative estimate of drug-likeness (QED) is 0.527. The van der Waals surface area contributed by atoms with Gasteiger partial charge in [-0.15, -0.1) is 0 Å². The highest BCUT2D eigenvalue weighted by Gasteiger charge is 2.25. The second kappa shape index (κ2) is 8.03. The Hall–Kier alpha value is -1.75. The Balaban J connectivity index is 3.17. The molecule has 1 N–H and O–H groups in total. The molecule has 5 nitrogen and oxygen atoms in total. The number of carbonyl (C=O) groups excluding carboxylic acids is 1. The molecule has 122 valence electrons. The van der Waals surface area contributed by atoms with E-state index in [1.807, 2.05) is 62.8 Å². The minimum absolute atomic E-state index is 0.192. The van der Waals surface area contributed by atoms with E-state index >= 15 is 0 Å². The molecule has 0 saturated carbocycles. The monoisotopic (exact) mass is 325 g/mol. The lowest BCUT2D eigenvalue weighted by atomic mass is 10.1. The number of nitrogens with zero attached hydrogens (tertiary/aromatic N) is 3. The predicted molar refractivity (Wildman–Crippen MR) is 93.2 cm³/mol. The molecule has 0 aliphatic rings. The predicted octanol–water partition coefficient (Wildman–Crippen LogP) is 2.63. The van der Waals surface area contributed by atoms with E-state index in [2.05, 4.69) is 12.2 Å². The van der Waals surface area contributed by atoms with Gasteiger partial charge in [-0.05, 0) is 25.0 Å². The van der Waals surface area contributed by atoms with Crippen molar-refractivity contribution >= 4 is 29.3 Å². The van der Waals surface area contributed by atoms with Crippen LogP contribution in [-0.2, 0) is 6.42 Å². The normalized spacial score (nSPS) is 10.1. The Bertz CT molecular complexity index is 565. The first-order valence-electron chi connectivity index (χ1n) is 7.40. The summed E-state index contributed by atoms with van der Waals surface area (Å²) in [6.07, 6.45) is 0.817. The first-order valence-corrected chi connectivity index (χ1v) is 7.78. The van der Waals surface area contributed by atoms with Crippen molar-refractivity contribution in [2.24, 2.45) is 0 Å². The number of para-hydroxylation sites is 1. The number of benzene rings is 1. The maximum atomic E-state index is 12.7. The molecule has 6 heteroatoms.